The Labute approximate surface area is 85.6 Å². The van der Waals surface area contributed by atoms with Crippen LogP contribution in [0.1, 0.15) is 5.89 Å². The maximum absolute atomic E-state index is 5.26. The highest BCUT2D eigenvalue weighted by Crippen LogP contribution is 2.12. The SMILES string of the molecule is CO/N=C/c1nnc(-c2ccccn2)o1. The van der Waals surface area contributed by atoms with Crippen molar-refractivity contribution in [1.82, 2.24) is 15.2 Å². The summed E-state index contributed by atoms with van der Waals surface area (Å²) in [6.45, 7) is 0. The Hall–Kier alpha value is -2.24. The zero-order valence-electron chi connectivity index (χ0n) is 7.99. The van der Waals surface area contributed by atoms with Gasteiger partial charge in [0, 0.05) is 6.20 Å². The lowest BCUT2D eigenvalue weighted by Crippen LogP contribution is -1.80. The van der Waals surface area contributed by atoms with E-state index < -0.39 is 0 Å². The van der Waals surface area contributed by atoms with Crippen molar-refractivity contribution in [2.24, 2.45) is 5.16 Å². The fourth-order valence-corrected chi connectivity index (χ4v) is 0.977. The van der Waals surface area contributed by atoms with Gasteiger partial charge in [-0.1, -0.05) is 11.2 Å². The predicted molar refractivity (Wildman–Crippen MR) is 52.1 cm³/mol. The normalized spacial score (nSPS) is 10.7. The van der Waals surface area contributed by atoms with Crippen LogP contribution >= 0.6 is 0 Å². The van der Waals surface area contributed by atoms with Crippen molar-refractivity contribution in [3.8, 4) is 11.6 Å². The smallest absolute Gasteiger partial charge is 0.266 e. The molecular formula is C9H8N4O2. The minimum Gasteiger partial charge on any atom is -0.414 e. The number of aromatic nitrogens is 3. The van der Waals surface area contributed by atoms with E-state index >= 15 is 0 Å². The maximum atomic E-state index is 5.26. The molecule has 2 aromatic heterocycles. The summed E-state index contributed by atoms with van der Waals surface area (Å²) in [6.07, 6.45) is 2.99. The van der Waals surface area contributed by atoms with E-state index in [1.807, 2.05) is 12.1 Å². The molecule has 0 unspecified atom stereocenters. The zero-order valence-corrected chi connectivity index (χ0v) is 7.99. The molecule has 6 heteroatoms. The molecule has 0 bridgehead atoms. The van der Waals surface area contributed by atoms with E-state index in [1.165, 1.54) is 13.3 Å². The summed E-state index contributed by atoms with van der Waals surface area (Å²) in [5, 5.41) is 11.1. The van der Waals surface area contributed by atoms with E-state index in [0.29, 0.717) is 11.6 Å². The first-order valence-corrected chi connectivity index (χ1v) is 4.21. The third-order valence-electron chi connectivity index (χ3n) is 1.59. The second kappa shape index (κ2) is 4.32. The summed E-state index contributed by atoms with van der Waals surface area (Å²) in [6, 6.07) is 5.44. The lowest BCUT2D eigenvalue weighted by atomic mass is 10.3. The van der Waals surface area contributed by atoms with Crippen LogP contribution in [-0.4, -0.2) is 28.5 Å². The van der Waals surface area contributed by atoms with Crippen LogP contribution in [0.15, 0.2) is 34.0 Å². The molecule has 0 saturated carbocycles. The molecular weight excluding hydrogens is 196 g/mol. The highest BCUT2D eigenvalue weighted by Gasteiger charge is 2.06. The van der Waals surface area contributed by atoms with E-state index in [9.17, 15) is 0 Å². The van der Waals surface area contributed by atoms with E-state index in [-0.39, 0.29) is 5.89 Å². The van der Waals surface area contributed by atoms with Crippen LogP contribution in [0, 0.1) is 0 Å². The number of oxime groups is 1. The molecule has 2 aromatic rings. The minimum absolute atomic E-state index is 0.275. The summed E-state index contributed by atoms with van der Waals surface area (Å²) < 4.78 is 5.26. The van der Waals surface area contributed by atoms with Crippen molar-refractivity contribution in [3.63, 3.8) is 0 Å². The van der Waals surface area contributed by atoms with Gasteiger partial charge in [0.1, 0.15) is 19.0 Å². The topological polar surface area (TPSA) is 73.4 Å². The molecule has 2 rings (SSSR count). The van der Waals surface area contributed by atoms with Gasteiger partial charge in [-0.25, -0.2) is 0 Å². The van der Waals surface area contributed by atoms with Gasteiger partial charge in [-0.2, -0.15) is 0 Å². The van der Waals surface area contributed by atoms with Crippen LogP contribution in [-0.2, 0) is 4.84 Å². The Morgan fingerprint density at radius 3 is 3.07 bits per heavy atom. The van der Waals surface area contributed by atoms with Crippen LogP contribution in [0.4, 0.5) is 0 Å². The molecule has 0 atom stereocenters. The van der Waals surface area contributed by atoms with Crippen LogP contribution < -0.4 is 0 Å². The van der Waals surface area contributed by atoms with Crippen molar-refractivity contribution < 1.29 is 9.25 Å². The van der Waals surface area contributed by atoms with Gasteiger partial charge in [0.15, 0.2) is 0 Å². The highest BCUT2D eigenvalue weighted by atomic mass is 16.6. The Morgan fingerprint density at radius 1 is 1.40 bits per heavy atom. The third kappa shape index (κ3) is 2.16. The van der Waals surface area contributed by atoms with E-state index in [1.54, 1.807) is 12.3 Å². The van der Waals surface area contributed by atoms with Crippen molar-refractivity contribution >= 4 is 6.21 Å². The quantitative estimate of drug-likeness (QED) is 0.553. The van der Waals surface area contributed by atoms with Crippen LogP contribution in [0.3, 0.4) is 0 Å². The number of pyridine rings is 1. The monoisotopic (exact) mass is 204 g/mol. The standard InChI is InChI=1S/C9H8N4O2/c1-14-11-6-8-12-13-9(15-8)7-4-2-3-5-10-7/h2-6H,1H3/b11-6+. The Bertz CT molecular complexity index is 452. The largest absolute Gasteiger partial charge is 0.414 e. The lowest BCUT2D eigenvalue weighted by molar-refractivity contribution is 0.215. The number of hydrogen-bond acceptors (Lipinski definition) is 6. The molecule has 0 saturated heterocycles. The summed E-state index contributed by atoms with van der Waals surface area (Å²) in [5.74, 6) is 0.630. The first-order chi connectivity index (χ1) is 7.40. The molecule has 2 heterocycles. The van der Waals surface area contributed by atoms with Gasteiger partial charge in [-0.05, 0) is 12.1 Å². The fourth-order valence-electron chi connectivity index (χ4n) is 0.977. The Kier molecular flexibility index (Phi) is 2.68. The molecule has 15 heavy (non-hydrogen) atoms. The first-order valence-electron chi connectivity index (χ1n) is 4.21. The highest BCUT2D eigenvalue weighted by molar-refractivity contribution is 5.72. The molecule has 6 nitrogen and oxygen atoms in total. The molecule has 0 fully saturated rings. The summed E-state index contributed by atoms with van der Waals surface area (Å²) >= 11 is 0. The van der Waals surface area contributed by atoms with Crippen molar-refractivity contribution in [1.29, 1.82) is 0 Å². The maximum Gasteiger partial charge on any atom is 0.266 e. The Balaban J connectivity index is 2.24. The van der Waals surface area contributed by atoms with Gasteiger partial charge < -0.3 is 9.25 Å². The van der Waals surface area contributed by atoms with Crippen molar-refractivity contribution in [3.05, 3.63) is 30.3 Å². The number of rotatable bonds is 3. The summed E-state index contributed by atoms with van der Waals surface area (Å²) in [7, 11) is 1.44. The minimum atomic E-state index is 0.275. The molecule has 0 aliphatic carbocycles. The lowest BCUT2D eigenvalue weighted by Gasteiger charge is -1.89. The molecule has 0 aliphatic rings. The average molecular weight is 204 g/mol. The van der Waals surface area contributed by atoms with Crippen LogP contribution in [0.5, 0.6) is 0 Å². The Morgan fingerprint density at radius 2 is 2.33 bits per heavy atom. The average Bonchev–Trinajstić information content (AvgIpc) is 2.76. The molecule has 0 spiro atoms. The molecule has 0 radical (unpaired) electrons. The van der Waals surface area contributed by atoms with Crippen LogP contribution in [0.2, 0.25) is 0 Å². The predicted octanol–water partition coefficient (Wildman–Crippen LogP) is 1.11. The van der Waals surface area contributed by atoms with Gasteiger partial charge in [0.05, 0.1) is 0 Å². The second-order valence-corrected chi connectivity index (χ2v) is 2.58. The summed E-state index contributed by atoms with van der Waals surface area (Å²) in [5.41, 5.74) is 0.627. The van der Waals surface area contributed by atoms with Gasteiger partial charge in [-0.15, -0.1) is 10.2 Å². The van der Waals surface area contributed by atoms with Crippen molar-refractivity contribution in [2.75, 3.05) is 7.11 Å². The molecule has 0 N–H and O–H groups in total. The van der Waals surface area contributed by atoms with Crippen LogP contribution in [0.25, 0.3) is 11.6 Å². The summed E-state index contributed by atoms with van der Waals surface area (Å²) in [4.78, 5) is 8.56. The zero-order chi connectivity index (χ0) is 10.5. The third-order valence-corrected chi connectivity index (χ3v) is 1.59. The van der Waals surface area contributed by atoms with Gasteiger partial charge >= 0.3 is 0 Å². The van der Waals surface area contributed by atoms with Gasteiger partial charge in [0.25, 0.3) is 11.8 Å². The molecule has 76 valence electrons. The van der Waals surface area contributed by atoms with Gasteiger partial charge in [-0.3, -0.25) is 4.98 Å². The fraction of sp³-hybridized carbons (Fsp3) is 0.111. The number of nitrogens with zero attached hydrogens (tertiary/aromatic N) is 4. The molecule has 0 amide bonds. The van der Waals surface area contributed by atoms with E-state index in [0.717, 1.165) is 0 Å². The number of hydrogen-bond donors (Lipinski definition) is 0. The second-order valence-electron chi connectivity index (χ2n) is 2.58. The first kappa shape index (κ1) is 9.32. The van der Waals surface area contributed by atoms with E-state index in [4.69, 9.17) is 4.42 Å². The van der Waals surface area contributed by atoms with Gasteiger partial charge in [0.2, 0.25) is 0 Å². The molecule has 0 aromatic carbocycles. The molecule has 0 aliphatic heterocycles. The van der Waals surface area contributed by atoms with E-state index in [2.05, 4.69) is 25.2 Å². The van der Waals surface area contributed by atoms with Crippen molar-refractivity contribution in [2.45, 2.75) is 0 Å².